The number of hydrogen-bond acceptors (Lipinski definition) is 4. The minimum Gasteiger partial charge on any atom is -0.390 e. The summed E-state index contributed by atoms with van der Waals surface area (Å²) in [6, 6.07) is 3.76. The molecule has 0 bridgehead atoms. The molecule has 100 valence electrons. The van der Waals surface area contributed by atoms with Gasteiger partial charge >= 0.3 is 0 Å². The predicted octanol–water partition coefficient (Wildman–Crippen LogP) is 1.92. The summed E-state index contributed by atoms with van der Waals surface area (Å²) < 4.78 is 5.64. The zero-order valence-corrected chi connectivity index (χ0v) is 10.9. The first-order chi connectivity index (χ1) is 8.68. The minimum absolute atomic E-state index is 0.402. The summed E-state index contributed by atoms with van der Waals surface area (Å²) in [6.45, 7) is 0. The van der Waals surface area contributed by atoms with E-state index in [0.717, 1.165) is 31.2 Å². The number of anilines is 1. The lowest BCUT2D eigenvalue weighted by atomic mass is 9.78. The molecule has 3 N–H and O–H groups in total. The van der Waals surface area contributed by atoms with Crippen LogP contribution in [-0.2, 0) is 11.2 Å². The molecule has 0 amide bonds. The molecule has 1 aromatic rings. The van der Waals surface area contributed by atoms with Crippen LogP contribution in [0.25, 0.3) is 0 Å². The van der Waals surface area contributed by atoms with Crippen LogP contribution >= 0.6 is 0 Å². The summed E-state index contributed by atoms with van der Waals surface area (Å²) >= 11 is 0. The quantitative estimate of drug-likeness (QED) is 0.856. The predicted molar refractivity (Wildman–Crippen MR) is 71.2 cm³/mol. The van der Waals surface area contributed by atoms with Crippen molar-refractivity contribution in [1.82, 2.24) is 4.98 Å². The molecule has 0 spiro atoms. The second kappa shape index (κ2) is 5.67. The molecule has 0 saturated heterocycles. The molecule has 1 atom stereocenters. The van der Waals surface area contributed by atoms with Crippen LogP contribution in [-0.4, -0.2) is 28.9 Å². The van der Waals surface area contributed by atoms with Crippen molar-refractivity contribution in [2.75, 3.05) is 12.8 Å². The van der Waals surface area contributed by atoms with Crippen molar-refractivity contribution in [3.63, 3.8) is 0 Å². The summed E-state index contributed by atoms with van der Waals surface area (Å²) in [5.41, 5.74) is 6.31. The largest absolute Gasteiger partial charge is 0.390 e. The normalized spacial score (nSPS) is 20.6. The molecule has 1 aliphatic carbocycles. The van der Waals surface area contributed by atoms with Crippen LogP contribution in [0.15, 0.2) is 18.3 Å². The van der Waals surface area contributed by atoms with Crippen molar-refractivity contribution in [1.29, 1.82) is 0 Å². The highest BCUT2D eigenvalue weighted by atomic mass is 16.5. The van der Waals surface area contributed by atoms with Crippen LogP contribution in [0.3, 0.4) is 0 Å². The zero-order chi connectivity index (χ0) is 13.0. The third kappa shape index (κ3) is 2.65. The molecule has 18 heavy (non-hydrogen) atoms. The van der Waals surface area contributed by atoms with Gasteiger partial charge in [0.1, 0.15) is 5.82 Å². The van der Waals surface area contributed by atoms with Gasteiger partial charge in [0, 0.05) is 19.7 Å². The number of methoxy groups -OCH3 is 1. The lowest BCUT2D eigenvalue weighted by Crippen LogP contribution is -2.47. The molecular formula is C14H22N2O2. The molecule has 1 saturated carbocycles. The second-order valence-electron chi connectivity index (χ2n) is 5.10. The van der Waals surface area contributed by atoms with E-state index < -0.39 is 11.7 Å². The smallest absolute Gasteiger partial charge is 0.126 e. The summed E-state index contributed by atoms with van der Waals surface area (Å²) in [5, 5.41) is 10.5. The molecule has 1 unspecified atom stereocenters. The zero-order valence-electron chi connectivity index (χ0n) is 10.9. The second-order valence-corrected chi connectivity index (χ2v) is 5.10. The van der Waals surface area contributed by atoms with Crippen molar-refractivity contribution in [3.05, 3.63) is 23.9 Å². The highest BCUT2D eigenvalue weighted by Gasteiger charge is 2.39. The van der Waals surface area contributed by atoms with Crippen LogP contribution in [0.5, 0.6) is 0 Å². The van der Waals surface area contributed by atoms with E-state index in [1.54, 1.807) is 13.3 Å². The summed E-state index contributed by atoms with van der Waals surface area (Å²) in [6.07, 6.45) is 6.96. The van der Waals surface area contributed by atoms with Crippen molar-refractivity contribution >= 4 is 5.82 Å². The molecule has 1 heterocycles. The Morgan fingerprint density at radius 3 is 2.78 bits per heavy atom. The van der Waals surface area contributed by atoms with E-state index in [4.69, 9.17) is 10.5 Å². The van der Waals surface area contributed by atoms with Gasteiger partial charge in [0.15, 0.2) is 0 Å². The molecule has 0 radical (unpaired) electrons. The van der Waals surface area contributed by atoms with Crippen molar-refractivity contribution in [3.8, 4) is 0 Å². The molecule has 0 aromatic carbocycles. The van der Waals surface area contributed by atoms with Gasteiger partial charge in [-0.2, -0.15) is 0 Å². The Morgan fingerprint density at radius 1 is 1.44 bits per heavy atom. The maximum atomic E-state index is 10.5. The van der Waals surface area contributed by atoms with Crippen molar-refractivity contribution in [2.45, 2.75) is 50.2 Å². The van der Waals surface area contributed by atoms with Crippen LogP contribution < -0.4 is 5.73 Å². The number of rotatable bonds is 4. The van der Waals surface area contributed by atoms with Gasteiger partial charge in [-0.3, -0.25) is 0 Å². The number of hydrogen-bond donors (Lipinski definition) is 2. The Bertz CT molecular complexity index is 389. The van der Waals surface area contributed by atoms with Crippen molar-refractivity contribution < 1.29 is 9.84 Å². The maximum Gasteiger partial charge on any atom is 0.126 e. The third-order valence-electron chi connectivity index (χ3n) is 4.05. The van der Waals surface area contributed by atoms with E-state index in [1.807, 2.05) is 12.1 Å². The molecule has 1 aromatic heterocycles. The molecule has 1 fully saturated rings. The average Bonchev–Trinajstić information content (AvgIpc) is 2.42. The topological polar surface area (TPSA) is 68.4 Å². The lowest BCUT2D eigenvalue weighted by Gasteiger charge is -2.40. The fourth-order valence-corrected chi connectivity index (χ4v) is 2.84. The van der Waals surface area contributed by atoms with Gasteiger partial charge in [-0.05, 0) is 24.5 Å². The summed E-state index contributed by atoms with van der Waals surface area (Å²) in [5.74, 6) is 0.499. The summed E-state index contributed by atoms with van der Waals surface area (Å²) in [7, 11) is 1.70. The van der Waals surface area contributed by atoms with Gasteiger partial charge in [-0.25, -0.2) is 4.98 Å². The number of ether oxygens (including phenoxy) is 1. The van der Waals surface area contributed by atoms with E-state index in [2.05, 4.69) is 4.98 Å². The molecule has 0 aliphatic heterocycles. The van der Waals surface area contributed by atoms with Crippen LogP contribution in [0.4, 0.5) is 5.82 Å². The van der Waals surface area contributed by atoms with Gasteiger partial charge in [0.05, 0.1) is 11.7 Å². The van der Waals surface area contributed by atoms with Crippen LogP contribution in [0.2, 0.25) is 0 Å². The maximum absolute atomic E-state index is 10.5. The first-order valence-electron chi connectivity index (χ1n) is 6.60. The van der Waals surface area contributed by atoms with Gasteiger partial charge < -0.3 is 15.6 Å². The highest BCUT2D eigenvalue weighted by molar-refractivity contribution is 5.39. The first-order valence-corrected chi connectivity index (χ1v) is 6.60. The van der Waals surface area contributed by atoms with Gasteiger partial charge in [-0.15, -0.1) is 0 Å². The standard InChI is InChI=1S/C14H22N2O2/c1-18-14(7-3-2-4-8-14)12(17)10-11-6-5-9-16-13(11)15/h5-6,9,12,17H,2-4,7-8,10H2,1H3,(H2,15,16). The average molecular weight is 250 g/mol. The van der Waals surface area contributed by atoms with Gasteiger partial charge in [0.25, 0.3) is 0 Å². The molecule has 4 heteroatoms. The lowest BCUT2D eigenvalue weighted by molar-refractivity contribution is -0.122. The Kier molecular flexibility index (Phi) is 4.19. The van der Waals surface area contributed by atoms with E-state index in [9.17, 15) is 5.11 Å². The Morgan fingerprint density at radius 2 is 2.17 bits per heavy atom. The molecule has 2 rings (SSSR count). The fraction of sp³-hybridized carbons (Fsp3) is 0.643. The van der Waals surface area contributed by atoms with E-state index in [1.165, 1.54) is 6.42 Å². The monoisotopic (exact) mass is 250 g/mol. The Hall–Kier alpha value is -1.13. The number of aliphatic hydroxyl groups excluding tert-OH is 1. The Labute approximate surface area is 108 Å². The minimum atomic E-state index is -0.519. The highest BCUT2D eigenvalue weighted by Crippen LogP contribution is 2.35. The van der Waals surface area contributed by atoms with Gasteiger partial charge in [-0.1, -0.05) is 25.3 Å². The number of pyridine rings is 1. The molecular weight excluding hydrogens is 228 g/mol. The van der Waals surface area contributed by atoms with E-state index >= 15 is 0 Å². The van der Waals surface area contributed by atoms with E-state index in [-0.39, 0.29) is 0 Å². The fourth-order valence-electron chi connectivity index (χ4n) is 2.84. The van der Waals surface area contributed by atoms with Crippen LogP contribution in [0, 0.1) is 0 Å². The SMILES string of the molecule is COC1(C(O)Cc2cccnc2N)CCCCC1. The van der Waals surface area contributed by atoms with Crippen molar-refractivity contribution in [2.24, 2.45) is 0 Å². The van der Waals surface area contributed by atoms with Gasteiger partial charge in [0.2, 0.25) is 0 Å². The first kappa shape index (κ1) is 13.3. The number of aliphatic hydroxyl groups is 1. The van der Waals surface area contributed by atoms with Crippen LogP contribution in [0.1, 0.15) is 37.7 Å². The molecule has 1 aliphatic rings. The number of nitrogen functional groups attached to an aromatic ring is 1. The van der Waals surface area contributed by atoms with E-state index in [0.29, 0.717) is 12.2 Å². The Balaban J connectivity index is 2.10. The summed E-state index contributed by atoms with van der Waals surface area (Å²) in [4.78, 5) is 4.05. The number of nitrogens with zero attached hydrogens (tertiary/aromatic N) is 1. The number of nitrogens with two attached hydrogens (primary N) is 1. The molecule has 4 nitrogen and oxygen atoms in total. The number of aromatic nitrogens is 1. The third-order valence-corrected chi connectivity index (χ3v) is 4.05.